The Morgan fingerprint density at radius 3 is 2.78 bits per heavy atom. The normalized spacial score (nSPS) is 12.2. The standard InChI is InChI=1S/C16H19ClN4O2/c1-10(2)13-5-14(17)11(3)4-15(13)23-8-12(22)7-21-9-19-16(6-18)20-21/h4-5,9-10,12,22H,7-8H2,1-3H3. The van der Waals surface area contributed by atoms with Gasteiger partial charge in [0.15, 0.2) is 0 Å². The quantitative estimate of drug-likeness (QED) is 0.878. The van der Waals surface area contributed by atoms with Gasteiger partial charge in [-0.15, -0.1) is 5.10 Å². The van der Waals surface area contributed by atoms with Gasteiger partial charge in [-0.3, -0.25) is 0 Å². The molecule has 0 aliphatic rings. The lowest BCUT2D eigenvalue weighted by atomic mass is 10.0. The van der Waals surface area contributed by atoms with Crippen LogP contribution in [-0.4, -0.2) is 32.6 Å². The minimum absolute atomic E-state index is 0.0774. The highest BCUT2D eigenvalue weighted by Gasteiger charge is 2.14. The monoisotopic (exact) mass is 334 g/mol. The summed E-state index contributed by atoms with van der Waals surface area (Å²) in [5.74, 6) is 1.06. The maximum Gasteiger partial charge on any atom is 0.252 e. The number of hydrogen-bond donors (Lipinski definition) is 1. The molecule has 6 nitrogen and oxygen atoms in total. The van der Waals surface area contributed by atoms with Crippen molar-refractivity contribution in [3.8, 4) is 11.8 Å². The van der Waals surface area contributed by atoms with Crippen molar-refractivity contribution >= 4 is 11.6 Å². The lowest BCUT2D eigenvalue weighted by Gasteiger charge is -2.18. The first-order valence-electron chi connectivity index (χ1n) is 7.31. The first-order valence-corrected chi connectivity index (χ1v) is 7.69. The Labute approximate surface area is 140 Å². The molecule has 0 radical (unpaired) electrons. The third-order valence-electron chi connectivity index (χ3n) is 3.38. The van der Waals surface area contributed by atoms with Crippen LogP contribution in [0.4, 0.5) is 0 Å². The van der Waals surface area contributed by atoms with E-state index < -0.39 is 6.10 Å². The molecule has 23 heavy (non-hydrogen) atoms. The molecule has 0 fully saturated rings. The molecule has 0 aliphatic heterocycles. The SMILES string of the molecule is Cc1cc(OCC(O)Cn2cnc(C#N)n2)c(C(C)C)cc1Cl. The van der Waals surface area contributed by atoms with Crippen LogP contribution in [0.2, 0.25) is 5.02 Å². The second kappa shape index (κ2) is 7.44. The second-order valence-electron chi connectivity index (χ2n) is 5.66. The molecule has 2 aromatic rings. The Kier molecular flexibility index (Phi) is 5.59. The van der Waals surface area contributed by atoms with Gasteiger partial charge >= 0.3 is 0 Å². The van der Waals surface area contributed by atoms with E-state index >= 15 is 0 Å². The maximum atomic E-state index is 10.1. The van der Waals surface area contributed by atoms with Crippen molar-refractivity contribution in [2.45, 2.75) is 39.3 Å². The average molecular weight is 335 g/mol. The number of aliphatic hydroxyl groups excluding tert-OH is 1. The van der Waals surface area contributed by atoms with Crippen LogP contribution in [-0.2, 0) is 6.54 Å². The van der Waals surface area contributed by atoms with Gasteiger partial charge in [0.25, 0.3) is 5.82 Å². The number of aromatic nitrogens is 3. The molecule has 1 atom stereocenters. The van der Waals surface area contributed by atoms with Crippen molar-refractivity contribution in [3.63, 3.8) is 0 Å². The van der Waals surface area contributed by atoms with Gasteiger partial charge in [0.05, 0.1) is 6.54 Å². The number of ether oxygens (including phenoxy) is 1. The number of aryl methyl sites for hydroxylation is 1. The number of benzene rings is 1. The van der Waals surface area contributed by atoms with Crippen LogP contribution in [0, 0.1) is 18.3 Å². The van der Waals surface area contributed by atoms with Crippen LogP contribution >= 0.6 is 11.6 Å². The molecular weight excluding hydrogens is 316 g/mol. The van der Waals surface area contributed by atoms with Crippen molar-refractivity contribution in [1.29, 1.82) is 5.26 Å². The molecule has 1 aromatic heterocycles. The maximum absolute atomic E-state index is 10.1. The van der Waals surface area contributed by atoms with Crippen molar-refractivity contribution in [2.24, 2.45) is 0 Å². The summed E-state index contributed by atoms with van der Waals surface area (Å²) in [5.41, 5.74) is 1.93. The molecule has 0 aliphatic carbocycles. The summed E-state index contributed by atoms with van der Waals surface area (Å²) in [6.45, 7) is 6.35. The Bertz CT molecular complexity index is 721. The number of aliphatic hydroxyl groups is 1. The van der Waals surface area contributed by atoms with Crippen molar-refractivity contribution in [1.82, 2.24) is 14.8 Å². The predicted octanol–water partition coefficient (Wildman–Crippen LogP) is 2.67. The fourth-order valence-electron chi connectivity index (χ4n) is 2.14. The van der Waals surface area contributed by atoms with Crippen LogP contribution in [0.15, 0.2) is 18.5 Å². The molecule has 1 aromatic carbocycles. The van der Waals surface area contributed by atoms with E-state index in [1.165, 1.54) is 11.0 Å². The molecule has 0 saturated heterocycles. The minimum Gasteiger partial charge on any atom is -0.491 e. The Balaban J connectivity index is 2.02. The Morgan fingerprint density at radius 1 is 1.43 bits per heavy atom. The summed E-state index contributed by atoms with van der Waals surface area (Å²) in [4.78, 5) is 3.79. The Hall–Kier alpha value is -2.10. The van der Waals surface area contributed by atoms with Crippen molar-refractivity contribution < 1.29 is 9.84 Å². The van der Waals surface area contributed by atoms with E-state index in [2.05, 4.69) is 23.9 Å². The lowest BCUT2D eigenvalue weighted by Crippen LogP contribution is -2.24. The highest BCUT2D eigenvalue weighted by atomic mass is 35.5. The third kappa shape index (κ3) is 4.44. The summed E-state index contributed by atoms with van der Waals surface area (Å²) in [6.07, 6.45) is 0.646. The van der Waals surface area contributed by atoms with Crippen molar-refractivity contribution in [2.75, 3.05) is 6.61 Å². The molecule has 1 N–H and O–H groups in total. The number of rotatable bonds is 6. The fraction of sp³-hybridized carbons (Fsp3) is 0.438. The molecular formula is C16H19ClN4O2. The van der Waals surface area contributed by atoms with Gasteiger partial charge in [-0.25, -0.2) is 9.67 Å². The summed E-state index contributed by atoms with van der Waals surface area (Å²) in [6, 6.07) is 5.63. The first-order chi connectivity index (χ1) is 10.9. The molecule has 0 saturated carbocycles. The number of nitriles is 1. The first kappa shape index (κ1) is 17.3. The van der Waals surface area contributed by atoms with Gasteiger partial charge < -0.3 is 9.84 Å². The van der Waals surface area contributed by atoms with Crippen LogP contribution in [0.25, 0.3) is 0 Å². The van der Waals surface area contributed by atoms with Crippen LogP contribution in [0.1, 0.15) is 36.7 Å². The van der Waals surface area contributed by atoms with E-state index in [-0.39, 0.29) is 24.9 Å². The van der Waals surface area contributed by atoms with Crippen LogP contribution in [0.3, 0.4) is 0 Å². The smallest absolute Gasteiger partial charge is 0.252 e. The molecule has 2 rings (SSSR count). The van der Waals surface area contributed by atoms with E-state index in [1.54, 1.807) is 0 Å². The minimum atomic E-state index is -0.765. The van der Waals surface area contributed by atoms with E-state index in [1.807, 2.05) is 25.1 Å². The summed E-state index contributed by atoms with van der Waals surface area (Å²) >= 11 is 6.17. The zero-order chi connectivity index (χ0) is 17.0. The van der Waals surface area contributed by atoms with Crippen LogP contribution in [0.5, 0.6) is 5.75 Å². The van der Waals surface area contributed by atoms with Gasteiger partial charge in [-0.05, 0) is 36.1 Å². The molecule has 0 bridgehead atoms. The fourth-order valence-corrected chi connectivity index (χ4v) is 2.31. The van der Waals surface area contributed by atoms with Gasteiger partial charge in [0, 0.05) is 5.02 Å². The molecule has 7 heteroatoms. The van der Waals surface area contributed by atoms with Gasteiger partial charge in [0.1, 0.15) is 30.9 Å². The number of hydrogen-bond acceptors (Lipinski definition) is 5. The lowest BCUT2D eigenvalue weighted by molar-refractivity contribution is 0.0886. The summed E-state index contributed by atoms with van der Waals surface area (Å²) in [5, 5.41) is 23.4. The zero-order valence-corrected chi connectivity index (χ0v) is 14.1. The average Bonchev–Trinajstić information content (AvgIpc) is 2.95. The van der Waals surface area contributed by atoms with Crippen LogP contribution < -0.4 is 4.74 Å². The molecule has 0 spiro atoms. The second-order valence-corrected chi connectivity index (χ2v) is 6.07. The highest BCUT2D eigenvalue weighted by Crippen LogP contribution is 2.32. The molecule has 1 unspecified atom stereocenters. The predicted molar refractivity (Wildman–Crippen MR) is 86.5 cm³/mol. The number of nitrogens with zero attached hydrogens (tertiary/aromatic N) is 4. The summed E-state index contributed by atoms with van der Waals surface area (Å²) in [7, 11) is 0. The molecule has 122 valence electrons. The number of halogens is 1. The van der Waals surface area contributed by atoms with E-state index in [9.17, 15) is 5.11 Å². The largest absolute Gasteiger partial charge is 0.491 e. The third-order valence-corrected chi connectivity index (χ3v) is 3.79. The summed E-state index contributed by atoms with van der Waals surface area (Å²) < 4.78 is 7.19. The van der Waals surface area contributed by atoms with Crippen molar-refractivity contribution in [3.05, 3.63) is 40.4 Å². The zero-order valence-electron chi connectivity index (χ0n) is 13.3. The highest BCUT2D eigenvalue weighted by molar-refractivity contribution is 6.31. The van der Waals surface area contributed by atoms with E-state index in [0.29, 0.717) is 5.02 Å². The molecule has 0 amide bonds. The van der Waals surface area contributed by atoms with Gasteiger partial charge in [0.2, 0.25) is 0 Å². The van der Waals surface area contributed by atoms with E-state index in [0.717, 1.165) is 16.9 Å². The van der Waals surface area contributed by atoms with Gasteiger partial charge in [-0.1, -0.05) is 25.4 Å². The molecule has 1 heterocycles. The Morgan fingerprint density at radius 2 is 2.17 bits per heavy atom. The topological polar surface area (TPSA) is 84.0 Å². The van der Waals surface area contributed by atoms with Gasteiger partial charge in [-0.2, -0.15) is 5.26 Å². The van der Waals surface area contributed by atoms with E-state index in [4.69, 9.17) is 21.6 Å².